The summed E-state index contributed by atoms with van der Waals surface area (Å²) in [4.78, 5) is 5.26. The van der Waals surface area contributed by atoms with Gasteiger partial charge < -0.3 is 4.84 Å². The Morgan fingerprint density at radius 3 is 3.00 bits per heavy atom. The molecule has 0 radical (unpaired) electrons. The zero-order valence-electron chi connectivity index (χ0n) is 7.33. The first-order chi connectivity index (χ1) is 5.95. The SMILES string of the molecule is C(=NOC1=CCCCC1)C1CC1. The molecule has 0 aromatic carbocycles. The van der Waals surface area contributed by atoms with Crippen LogP contribution in [0.15, 0.2) is 17.0 Å². The molecule has 2 aliphatic rings. The van der Waals surface area contributed by atoms with Gasteiger partial charge in [0.2, 0.25) is 0 Å². The van der Waals surface area contributed by atoms with Crippen LogP contribution >= 0.6 is 0 Å². The van der Waals surface area contributed by atoms with Crippen LogP contribution in [0.5, 0.6) is 0 Å². The Balaban J connectivity index is 1.73. The van der Waals surface area contributed by atoms with Gasteiger partial charge in [-0.15, -0.1) is 0 Å². The monoisotopic (exact) mass is 165 g/mol. The number of oxime groups is 1. The molecule has 0 N–H and O–H groups in total. The third kappa shape index (κ3) is 2.36. The third-order valence-corrected chi connectivity index (χ3v) is 2.31. The molecule has 0 atom stereocenters. The molecule has 1 fully saturated rings. The maximum absolute atomic E-state index is 5.26. The molecule has 0 heterocycles. The summed E-state index contributed by atoms with van der Waals surface area (Å²) in [6.07, 6.45) is 11.5. The lowest BCUT2D eigenvalue weighted by atomic mass is 10.1. The third-order valence-electron chi connectivity index (χ3n) is 2.31. The molecule has 12 heavy (non-hydrogen) atoms. The van der Waals surface area contributed by atoms with E-state index in [4.69, 9.17) is 4.84 Å². The predicted octanol–water partition coefficient (Wildman–Crippen LogP) is 2.86. The van der Waals surface area contributed by atoms with Crippen molar-refractivity contribution in [3.05, 3.63) is 11.8 Å². The van der Waals surface area contributed by atoms with Crippen LogP contribution in [-0.4, -0.2) is 6.21 Å². The van der Waals surface area contributed by atoms with Gasteiger partial charge in [-0.3, -0.25) is 0 Å². The minimum absolute atomic E-state index is 0.717. The highest BCUT2D eigenvalue weighted by molar-refractivity contribution is 5.62. The average Bonchev–Trinajstić information content (AvgIpc) is 2.90. The van der Waals surface area contributed by atoms with Crippen LogP contribution in [0.3, 0.4) is 0 Å². The van der Waals surface area contributed by atoms with Gasteiger partial charge in [-0.05, 0) is 44.1 Å². The zero-order chi connectivity index (χ0) is 8.23. The van der Waals surface area contributed by atoms with Gasteiger partial charge in [0.1, 0.15) is 5.76 Å². The zero-order valence-corrected chi connectivity index (χ0v) is 7.33. The number of hydrogen-bond donors (Lipinski definition) is 0. The summed E-state index contributed by atoms with van der Waals surface area (Å²) in [5, 5.41) is 3.96. The molecule has 0 spiro atoms. The Morgan fingerprint density at radius 1 is 1.42 bits per heavy atom. The molecule has 0 bridgehead atoms. The minimum Gasteiger partial charge on any atom is -0.362 e. The van der Waals surface area contributed by atoms with Crippen LogP contribution in [0.4, 0.5) is 0 Å². The number of hydrogen-bond acceptors (Lipinski definition) is 2. The van der Waals surface area contributed by atoms with Gasteiger partial charge in [-0.2, -0.15) is 0 Å². The quantitative estimate of drug-likeness (QED) is 0.465. The molecule has 0 saturated heterocycles. The van der Waals surface area contributed by atoms with Crippen LogP contribution in [0.1, 0.15) is 38.5 Å². The summed E-state index contributed by atoms with van der Waals surface area (Å²) in [6.45, 7) is 0. The summed E-state index contributed by atoms with van der Waals surface area (Å²) in [6, 6.07) is 0. The molecule has 2 heteroatoms. The summed E-state index contributed by atoms with van der Waals surface area (Å²) >= 11 is 0. The lowest BCUT2D eigenvalue weighted by Gasteiger charge is -2.08. The molecule has 0 aromatic heterocycles. The number of allylic oxidation sites excluding steroid dienone is 2. The van der Waals surface area contributed by atoms with Crippen molar-refractivity contribution in [2.24, 2.45) is 11.1 Å². The van der Waals surface area contributed by atoms with Crippen molar-refractivity contribution in [3.63, 3.8) is 0 Å². The van der Waals surface area contributed by atoms with Crippen molar-refractivity contribution in [2.45, 2.75) is 38.5 Å². The fourth-order valence-corrected chi connectivity index (χ4v) is 1.32. The van der Waals surface area contributed by atoms with E-state index in [2.05, 4.69) is 11.2 Å². The fraction of sp³-hybridized carbons (Fsp3) is 0.700. The average molecular weight is 165 g/mol. The molecule has 0 aromatic rings. The first-order valence-corrected chi connectivity index (χ1v) is 4.85. The molecule has 2 aliphatic carbocycles. The second-order valence-electron chi connectivity index (χ2n) is 3.60. The largest absolute Gasteiger partial charge is 0.362 e. The molecular weight excluding hydrogens is 150 g/mol. The van der Waals surface area contributed by atoms with E-state index < -0.39 is 0 Å². The molecule has 1 saturated carbocycles. The molecule has 2 rings (SSSR count). The molecule has 0 unspecified atom stereocenters. The topological polar surface area (TPSA) is 21.6 Å². The van der Waals surface area contributed by atoms with E-state index in [1.807, 2.05) is 6.21 Å². The Hall–Kier alpha value is -0.790. The van der Waals surface area contributed by atoms with Gasteiger partial charge in [0.05, 0.1) is 0 Å². The molecular formula is C10H15NO. The molecule has 66 valence electrons. The Bertz CT molecular complexity index is 204. The van der Waals surface area contributed by atoms with E-state index in [9.17, 15) is 0 Å². The Kier molecular flexibility index (Phi) is 2.45. The molecule has 0 aliphatic heterocycles. The fourth-order valence-electron chi connectivity index (χ4n) is 1.32. The van der Waals surface area contributed by atoms with Gasteiger partial charge in [0.25, 0.3) is 0 Å². The van der Waals surface area contributed by atoms with E-state index >= 15 is 0 Å². The number of rotatable bonds is 3. The van der Waals surface area contributed by atoms with Gasteiger partial charge in [0.15, 0.2) is 0 Å². The second-order valence-corrected chi connectivity index (χ2v) is 3.60. The first-order valence-electron chi connectivity index (χ1n) is 4.85. The maximum Gasteiger partial charge on any atom is 0.131 e. The summed E-state index contributed by atoms with van der Waals surface area (Å²) < 4.78 is 0. The van der Waals surface area contributed by atoms with E-state index in [1.165, 1.54) is 25.7 Å². The van der Waals surface area contributed by atoms with Gasteiger partial charge >= 0.3 is 0 Å². The van der Waals surface area contributed by atoms with Crippen molar-refractivity contribution < 1.29 is 4.84 Å². The van der Waals surface area contributed by atoms with Gasteiger partial charge in [0, 0.05) is 12.6 Å². The minimum atomic E-state index is 0.717. The normalized spacial score (nSPS) is 24.2. The van der Waals surface area contributed by atoms with Crippen LogP contribution < -0.4 is 0 Å². The smallest absolute Gasteiger partial charge is 0.131 e. The van der Waals surface area contributed by atoms with Gasteiger partial charge in [-0.25, -0.2) is 0 Å². The Morgan fingerprint density at radius 2 is 2.33 bits per heavy atom. The Labute approximate surface area is 73.3 Å². The summed E-state index contributed by atoms with van der Waals surface area (Å²) in [5.74, 6) is 1.78. The van der Waals surface area contributed by atoms with Gasteiger partial charge in [-0.1, -0.05) is 5.16 Å². The molecule has 0 amide bonds. The van der Waals surface area contributed by atoms with Crippen LogP contribution in [0.25, 0.3) is 0 Å². The van der Waals surface area contributed by atoms with E-state index in [0.717, 1.165) is 18.6 Å². The highest BCUT2D eigenvalue weighted by Gasteiger charge is 2.18. The summed E-state index contributed by atoms with van der Waals surface area (Å²) in [5.41, 5.74) is 0. The van der Waals surface area contributed by atoms with E-state index in [0.29, 0.717) is 5.92 Å². The second kappa shape index (κ2) is 3.74. The highest BCUT2D eigenvalue weighted by Crippen LogP contribution is 2.26. The van der Waals surface area contributed by atoms with Crippen LogP contribution in [-0.2, 0) is 4.84 Å². The van der Waals surface area contributed by atoms with Crippen molar-refractivity contribution in [1.82, 2.24) is 0 Å². The van der Waals surface area contributed by atoms with Crippen molar-refractivity contribution in [2.75, 3.05) is 0 Å². The van der Waals surface area contributed by atoms with Crippen LogP contribution in [0, 0.1) is 5.92 Å². The molecule has 2 nitrogen and oxygen atoms in total. The van der Waals surface area contributed by atoms with Crippen molar-refractivity contribution in [3.8, 4) is 0 Å². The lowest BCUT2D eigenvalue weighted by Crippen LogP contribution is -1.93. The van der Waals surface area contributed by atoms with Crippen molar-refractivity contribution >= 4 is 6.21 Å². The lowest BCUT2D eigenvalue weighted by molar-refractivity contribution is 0.209. The van der Waals surface area contributed by atoms with E-state index in [1.54, 1.807) is 0 Å². The number of nitrogens with zero attached hydrogens (tertiary/aromatic N) is 1. The maximum atomic E-state index is 5.26. The van der Waals surface area contributed by atoms with E-state index in [-0.39, 0.29) is 0 Å². The first kappa shape index (κ1) is 7.84. The van der Waals surface area contributed by atoms with Crippen molar-refractivity contribution in [1.29, 1.82) is 0 Å². The summed E-state index contributed by atoms with van der Waals surface area (Å²) in [7, 11) is 0. The standard InChI is InChI=1S/C10H15NO/c1-2-4-10(5-3-1)12-11-8-9-6-7-9/h4,8-9H,1-3,5-7H2. The highest BCUT2D eigenvalue weighted by atomic mass is 16.6. The van der Waals surface area contributed by atoms with Crippen LogP contribution in [0.2, 0.25) is 0 Å². The predicted molar refractivity (Wildman–Crippen MR) is 48.9 cm³/mol.